The van der Waals surface area contributed by atoms with Crippen LogP contribution in [-0.2, 0) is 20.7 Å². The van der Waals surface area contributed by atoms with Gasteiger partial charge in [-0.1, -0.05) is 12.1 Å². The molecule has 2 N–H and O–H groups in total. The molecule has 1 amide bonds. The van der Waals surface area contributed by atoms with Gasteiger partial charge in [0.1, 0.15) is 0 Å². The second-order valence-corrected chi connectivity index (χ2v) is 4.60. The number of benzene rings is 1. The van der Waals surface area contributed by atoms with Crippen LogP contribution in [-0.4, -0.2) is 29.7 Å². The molecule has 2 unspecified atom stereocenters. The number of hydrogen-bond donors (Lipinski definition) is 2. The molecule has 0 spiro atoms. The van der Waals surface area contributed by atoms with Gasteiger partial charge in [0.05, 0.1) is 18.4 Å². The predicted molar refractivity (Wildman–Crippen MR) is 69.9 cm³/mol. The molecular weight excluding hydrogens is 246 g/mol. The fourth-order valence-corrected chi connectivity index (χ4v) is 2.01. The van der Waals surface area contributed by atoms with Crippen LogP contribution < -0.4 is 5.32 Å². The Balaban J connectivity index is 1.92. The minimum absolute atomic E-state index is 0.0344. The quantitative estimate of drug-likeness (QED) is 0.818. The van der Waals surface area contributed by atoms with Crippen LogP contribution in [0, 0.1) is 5.92 Å². The number of carboxylic acids is 1. The molecule has 0 aliphatic heterocycles. The minimum Gasteiger partial charge on any atom is -0.481 e. The van der Waals surface area contributed by atoms with Crippen molar-refractivity contribution in [3.8, 4) is 0 Å². The molecule has 5 heteroatoms. The van der Waals surface area contributed by atoms with E-state index in [1.165, 1.54) is 0 Å². The van der Waals surface area contributed by atoms with Gasteiger partial charge in [0.15, 0.2) is 0 Å². The van der Waals surface area contributed by atoms with Gasteiger partial charge in [-0.2, -0.15) is 0 Å². The summed E-state index contributed by atoms with van der Waals surface area (Å²) in [5, 5.41) is 11.5. The number of amides is 1. The van der Waals surface area contributed by atoms with E-state index >= 15 is 0 Å². The highest BCUT2D eigenvalue weighted by molar-refractivity contribution is 5.94. The third-order valence-corrected chi connectivity index (χ3v) is 3.00. The largest absolute Gasteiger partial charge is 0.481 e. The van der Waals surface area contributed by atoms with Crippen LogP contribution in [0.3, 0.4) is 0 Å². The molecule has 1 aliphatic rings. The lowest BCUT2D eigenvalue weighted by Crippen LogP contribution is -2.16. The molecule has 2 rings (SSSR count). The van der Waals surface area contributed by atoms with Crippen molar-refractivity contribution in [2.24, 2.45) is 5.92 Å². The number of nitrogens with one attached hydrogen (secondary N) is 1. The van der Waals surface area contributed by atoms with E-state index in [1.54, 1.807) is 24.3 Å². The molecule has 0 radical (unpaired) electrons. The second-order valence-electron chi connectivity index (χ2n) is 4.60. The maximum absolute atomic E-state index is 11.9. The Hall–Kier alpha value is -1.88. The Bertz CT molecular complexity index is 486. The summed E-state index contributed by atoms with van der Waals surface area (Å²) in [6.07, 6.45) is 0.746. The van der Waals surface area contributed by atoms with Crippen LogP contribution >= 0.6 is 0 Å². The highest BCUT2D eigenvalue weighted by Gasteiger charge is 2.43. The van der Waals surface area contributed by atoms with Crippen molar-refractivity contribution in [1.82, 2.24) is 0 Å². The predicted octanol–water partition coefficient (Wildman–Crippen LogP) is 1.68. The Kier molecular flexibility index (Phi) is 4.16. The molecule has 0 saturated heterocycles. The second kappa shape index (κ2) is 5.84. The van der Waals surface area contributed by atoms with Gasteiger partial charge in [-0.05, 0) is 31.0 Å². The van der Waals surface area contributed by atoms with Crippen molar-refractivity contribution in [3.63, 3.8) is 0 Å². The lowest BCUT2D eigenvalue weighted by atomic mass is 10.1. The van der Waals surface area contributed by atoms with Crippen LogP contribution in [0.4, 0.5) is 5.69 Å². The molecule has 1 aromatic rings. The summed E-state index contributed by atoms with van der Waals surface area (Å²) < 4.78 is 5.36. The molecule has 1 aromatic carbocycles. The SMILES string of the molecule is CCOC1CC1C(=O)Nc1cccc(CC(=O)O)c1. The normalized spacial score (nSPS) is 20.9. The first-order chi connectivity index (χ1) is 9.10. The van der Waals surface area contributed by atoms with E-state index < -0.39 is 5.97 Å². The molecule has 102 valence electrons. The van der Waals surface area contributed by atoms with Crippen molar-refractivity contribution in [3.05, 3.63) is 29.8 Å². The molecule has 0 heterocycles. The van der Waals surface area contributed by atoms with Crippen molar-refractivity contribution in [1.29, 1.82) is 0 Å². The summed E-state index contributed by atoms with van der Waals surface area (Å²) in [6, 6.07) is 6.90. The van der Waals surface area contributed by atoms with Gasteiger partial charge in [-0.15, -0.1) is 0 Å². The molecule has 19 heavy (non-hydrogen) atoms. The molecule has 1 saturated carbocycles. The Morgan fingerprint density at radius 2 is 2.26 bits per heavy atom. The first-order valence-corrected chi connectivity index (χ1v) is 6.33. The van der Waals surface area contributed by atoms with E-state index in [4.69, 9.17) is 9.84 Å². The number of hydrogen-bond acceptors (Lipinski definition) is 3. The van der Waals surface area contributed by atoms with Crippen LogP contribution in [0.1, 0.15) is 18.9 Å². The Morgan fingerprint density at radius 3 is 2.95 bits per heavy atom. The number of aliphatic carboxylic acids is 1. The van der Waals surface area contributed by atoms with Gasteiger partial charge in [-0.25, -0.2) is 0 Å². The standard InChI is InChI=1S/C14H17NO4/c1-2-19-12-8-11(12)14(18)15-10-5-3-4-9(6-10)7-13(16)17/h3-6,11-12H,2,7-8H2,1H3,(H,15,18)(H,16,17). The zero-order valence-electron chi connectivity index (χ0n) is 10.8. The molecule has 1 aliphatic carbocycles. The van der Waals surface area contributed by atoms with Gasteiger partial charge in [0, 0.05) is 12.3 Å². The number of rotatable bonds is 6. The lowest BCUT2D eigenvalue weighted by molar-refractivity contribution is -0.136. The van der Waals surface area contributed by atoms with Crippen LogP contribution in [0.15, 0.2) is 24.3 Å². The van der Waals surface area contributed by atoms with Crippen molar-refractivity contribution < 1.29 is 19.4 Å². The molecule has 1 fully saturated rings. The maximum atomic E-state index is 11.9. The van der Waals surface area contributed by atoms with E-state index in [1.807, 2.05) is 6.92 Å². The number of anilines is 1. The molecule has 0 aromatic heterocycles. The Labute approximate surface area is 111 Å². The van der Waals surface area contributed by atoms with Crippen LogP contribution in [0.5, 0.6) is 0 Å². The van der Waals surface area contributed by atoms with Crippen molar-refractivity contribution in [2.75, 3.05) is 11.9 Å². The third kappa shape index (κ3) is 3.79. The first kappa shape index (κ1) is 13.5. The summed E-state index contributed by atoms with van der Waals surface area (Å²) in [7, 11) is 0. The summed E-state index contributed by atoms with van der Waals surface area (Å²) >= 11 is 0. The van der Waals surface area contributed by atoms with Crippen LogP contribution in [0.25, 0.3) is 0 Å². The van der Waals surface area contributed by atoms with E-state index in [9.17, 15) is 9.59 Å². The average molecular weight is 263 g/mol. The lowest BCUT2D eigenvalue weighted by Gasteiger charge is -2.06. The summed E-state index contributed by atoms with van der Waals surface area (Å²) in [5.41, 5.74) is 1.30. The number of carboxylic acid groups (broad SMARTS) is 1. The smallest absolute Gasteiger partial charge is 0.307 e. The monoisotopic (exact) mass is 263 g/mol. The van der Waals surface area contributed by atoms with E-state index in [0.29, 0.717) is 17.9 Å². The maximum Gasteiger partial charge on any atom is 0.307 e. The number of carbonyl (C=O) groups is 2. The van der Waals surface area contributed by atoms with E-state index in [0.717, 1.165) is 6.42 Å². The van der Waals surface area contributed by atoms with Crippen molar-refractivity contribution in [2.45, 2.75) is 25.9 Å². The third-order valence-electron chi connectivity index (χ3n) is 3.00. The Morgan fingerprint density at radius 1 is 1.47 bits per heavy atom. The average Bonchev–Trinajstić information content (AvgIpc) is 3.08. The van der Waals surface area contributed by atoms with Gasteiger partial charge in [0.25, 0.3) is 0 Å². The van der Waals surface area contributed by atoms with Crippen molar-refractivity contribution >= 4 is 17.6 Å². The summed E-state index contributed by atoms with van der Waals surface area (Å²) in [6.45, 7) is 2.52. The zero-order valence-corrected chi connectivity index (χ0v) is 10.8. The van der Waals surface area contributed by atoms with E-state index in [2.05, 4.69) is 5.32 Å². The van der Waals surface area contributed by atoms with Gasteiger partial charge in [0.2, 0.25) is 5.91 Å². The molecule has 2 atom stereocenters. The first-order valence-electron chi connectivity index (χ1n) is 6.33. The van der Waals surface area contributed by atoms with Gasteiger partial charge < -0.3 is 15.2 Å². The van der Waals surface area contributed by atoms with E-state index in [-0.39, 0.29) is 24.3 Å². The fourth-order valence-electron chi connectivity index (χ4n) is 2.01. The molecule has 5 nitrogen and oxygen atoms in total. The number of carbonyl (C=O) groups excluding carboxylic acids is 1. The highest BCUT2D eigenvalue weighted by atomic mass is 16.5. The summed E-state index contributed by atoms with van der Waals surface area (Å²) in [4.78, 5) is 22.5. The van der Waals surface area contributed by atoms with Gasteiger partial charge in [-0.3, -0.25) is 9.59 Å². The van der Waals surface area contributed by atoms with Crippen LogP contribution in [0.2, 0.25) is 0 Å². The topological polar surface area (TPSA) is 75.6 Å². The molecular formula is C14H17NO4. The minimum atomic E-state index is -0.887. The fraction of sp³-hybridized carbons (Fsp3) is 0.429. The molecule has 0 bridgehead atoms. The van der Waals surface area contributed by atoms with Gasteiger partial charge >= 0.3 is 5.97 Å². The number of ether oxygens (including phenoxy) is 1. The highest BCUT2D eigenvalue weighted by Crippen LogP contribution is 2.34. The zero-order chi connectivity index (χ0) is 13.8. The summed E-state index contributed by atoms with van der Waals surface area (Å²) in [5.74, 6) is -1.03.